The lowest BCUT2D eigenvalue weighted by Gasteiger charge is -2.22. The van der Waals surface area contributed by atoms with Gasteiger partial charge in [-0.2, -0.15) is 0 Å². The van der Waals surface area contributed by atoms with Gasteiger partial charge in [-0.3, -0.25) is 4.79 Å². The summed E-state index contributed by atoms with van der Waals surface area (Å²) in [7, 11) is 1.65. The quantitative estimate of drug-likeness (QED) is 0.914. The molecule has 1 heterocycles. The van der Waals surface area contributed by atoms with Gasteiger partial charge in [0.2, 0.25) is 0 Å². The monoisotopic (exact) mass is 330 g/mol. The van der Waals surface area contributed by atoms with Crippen LogP contribution in [-0.2, 0) is 0 Å². The SMILES string of the molecule is COc1ccc(-c2nc(C)c(C(=O)NC3CCCCC3)s2)cc1. The van der Waals surface area contributed by atoms with E-state index in [4.69, 9.17) is 4.74 Å². The number of nitrogens with one attached hydrogen (secondary N) is 1. The lowest BCUT2D eigenvalue weighted by molar-refractivity contribution is 0.0931. The van der Waals surface area contributed by atoms with Crippen LogP contribution in [0.2, 0.25) is 0 Å². The van der Waals surface area contributed by atoms with Crippen molar-refractivity contribution in [2.75, 3.05) is 7.11 Å². The topological polar surface area (TPSA) is 51.2 Å². The average Bonchev–Trinajstić information content (AvgIpc) is 2.98. The molecule has 3 rings (SSSR count). The molecule has 1 aromatic carbocycles. The normalized spacial score (nSPS) is 15.4. The predicted molar refractivity (Wildman–Crippen MR) is 93.2 cm³/mol. The van der Waals surface area contributed by atoms with Crippen molar-refractivity contribution in [2.45, 2.75) is 45.1 Å². The highest BCUT2D eigenvalue weighted by Crippen LogP contribution is 2.29. The van der Waals surface area contributed by atoms with E-state index in [1.165, 1.54) is 30.6 Å². The maximum atomic E-state index is 12.5. The average molecular weight is 330 g/mol. The number of hydrogen-bond acceptors (Lipinski definition) is 4. The van der Waals surface area contributed by atoms with Gasteiger partial charge in [-0.25, -0.2) is 4.98 Å². The van der Waals surface area contributed by atoms with Crippen molar-refractivity contribution in [1.29, 1.82) is 0 Å². The molecule has 0 unspecified atom stereocenters. The molecule has 1 aliphatic carbocycles. The Labute approximate surface area is 140 Å². The largest absolute Gasteiger partial charge is 0.497 e. The van der Waals surface area contributed by atoms with E-state index in [2.05, 4.69) is 10.3 Å². The summed E-state index contributed by atoms with van der Waals surface area (Å²) in [5, 5.41) is 4.04. The summed E-state index contributed by atoms with van der Waals surface area (Å²) >= 11 is 1.46. The van der Waals surface area contributed by atoms with Crippen LogP contribution in [0.5, 0.6) is 5.75 Å². The first-order chi connectivity index (χ1) is 11.2. The van der Waals surface area contributed by atoms with E-state index in [1.807, 2.05) is 31.2 Å². The number of aromatic nitrogens is 1. The van der Waals surface area contributed by atoms with Gasteiger partial charge in [-0.1, -0.05) is 19.3 Å². The fourth-order valence-corrected chi connectivity index (χ4v) is 3.94. The number of carbonyl (C=O) groups excluding carboxylic acids is 1. The Hall–Kier alpha value is -1.88. The Morgan fingerprint density at radius 1 is 1.22 bits per heavy atom. The summed E-state index contributed by atoms with van der Waals surface area (Å²) in [5.41, 5.74) is 1.81. The van der Waals surface area contributed by atoms with Gasteiger partial charge in [0.15, 0.2) is 0 Å². The Balaban J connectivity index is 1.75. The highest BCUT2D eigenvalue weighted by atomic mass is 32.1. The van der Waals surface area contributed by atoms with E-state index >= 15 is 0 Å². The number of methoxy groups -OCH3 is 1. The molecular formula is C18H22N2O2S. The molecule has 0 radical (unpaired) electrons. The van der Waals surface area contributed by atoms with E-state index in [9.17, 15) is 4.79 Å². The maximum absolute atomic E-state index is 12.5. The minimum absolute atomic E-state index is 0.0201. The molecule has 0 aliphatic heterocycles. The number of ether oxygens (including phenoxy) is 1. The molecule has 122 valence electrons. The Morgan fingerprint density at radius 3 is 2.57 bits per heavy atom. The van der Waals surface area contributed by atoms with E-state index in [0.29, 0.717) is 6.04 Å². The minimum Gasteiger partial charge on any atom is -0.497 e. The first kappa shape index (κ1) is 16.0. The maximum Gasteiger partial charge on any atom is 0.263 e. The van der Waals surface area contributed by atoms with Gasteiger partial charge >= 0.3 is 0 Å². The standard InChI is InChI=1S/C18H22N2O2S/c1-12-16(17(21)20-14-6-4-3-5-7-14)23-18(19-12)13-8-10-15(22-2)11-9-13/h8-11,14H,3-7H2,1-2H3,(H,20,21). The Morgan fingerprint density at radius 2 is 1.91 bits per heavy atom. The molecule has 1 amide bonds. The Kier molecular flexibility index (Phi) is 4.96. The highest BCUT2D eigenvalue weighted by Gasteiger charge is 2.20. The second-order valence-corrected chi connectivity index (χ2v) is 6.97. The second kappa shape index (κ2) is 7.13. The molecule has 0 spiro atoms. The predicted octanol–water partition coefficient (Wildman–Crippen LogP) is 4.19. The summed E-state index contributed by atoms with van der Waals surface area (Å²) in [5.74, 6) is 0.837. The van der Waals surface area contributed by atoms with Crippen molar-refractivity contribution in [3.8, 4) is 16.3 Å². The molecule has 0 atom stereocenters. The Bertz CT molecular complexity index is 673. The van der Waals surface area contributed by atoms with Crippen LogP contribution in [0.25, 0.3) is 10.6 Å². The first-order valence-corrected chi connectivity index (χ1v) is 8.91. The lowest BCUT2D eigenvalue weighted by atomic mass is 9.95. The van der Waals surface area contributed by atoms with Crippen molar-refractivity contribution in [3.63, 3.8) is 0 Å². The molecule has 23 heavy (non-hydrogen) atoms. The molecule has 1 fully saturated rings. The summed E-state index contributed by atoms with van der Waals surface area (Å²) < 4.78 is 5.18. The summed E-state index contributed by atoms with van der Waals surface area (Å²) in [6.07, 6.45) is 5.89. The van der Waals surface area contributed by atoms with Crippen molar-refractivity contribution in [3.05, 3.63) is 34.8 Å². The third kappa shape index (κ3) is 3.72. The van der Waals surface area contributed by atoms with Gasteiger partial charge in [0.05, 0.1) is 12.8 Å². The molecule has 4 nitrogen and oxygen atoms in total. The molecule has 0 bridgehead atoms. The van der Waals surface area contributed by atoms with Crippen LogP contribution in [0, 0.1) is 6.92 Å². The third-order valence-corrected chi connectivity index (χ3v) is 5.49. The number of amides is 1. The van der Waals surface area contributed by atoms with E-state index in [-0.39, 0.29) is 5.91 Å². The van der Waals surface area contributed by atoms with Gasteiger partial charge in [0.25, 0.3) is 5.91 Å². The number of thiazole rings is 1. The summed E-state index contributed by atoms with van der Waals surface area (Å²) in [6, 6.07) is 8.09. The molecule has 0 saturated heterocycles. The third-order valence-electron chi connectivity index (χ3n) is 4.28. The van der Waals surface area contributed by atoms with Crippen LogP contribution in [-0.4, -0.2) is 24.0 Å². The van der Waals surface area contributed by atoms with Gasteiger partial charge < -0.3 is 10.1 Å². The van der Waals surface area contributed by atoms with Crippen LogP contribution in [0.4, 0.5) is 0 Å². The molecule has 2 aromatic rings. The first-order valence-electron chi connectivity index (χ1n) is 8.10. The zero-order chi connectivity index (χ0) is 16.2. The van der Waals surface area contributed by atoms with Crippen LogP contribution >= 0.6 is 11.3 Å². The van der Waals surface area contributed by atoms with Crippen molar-refractivity contribution < 1.29 is 9.53 Å². The second-order valence-electron chi connectivity index (χ2n) is 5.97. The van der Waals surface area contributed by atoms with E-state index in [1.54, 1.807) is 7.11 Å². The summed E-state index contributed by atoms with van der Waals surface area (Å²) in [6.45, 7) is 1.90. The highest BCUT2D eigenvalue weighted by molar-refractivity contribution is 7.17. The molecule has 1 aliphatic rings. The van der Waals surface area contributed by atoms with Gasteiger partial charge in [-0.05, 0) is 44.0 Å². The van der Waals surface area contributed by atoms with E-state index in [0.717, 1.165) is 39.7 Å². The molecule has 1 saturated carbocycles. The number of rotatable bonds is 4. The van der Waals surface area contributed by atoms with Crippen LogP contribution < -0.4 is 10.1 Å². The fourth-order valence-electron chi connectivity index (χ4n) is 2.96. The van der Waals surface area contributed by atoms with Gasteiger partial charge in [0.1, 0.15) is 15.6 Å². The smallest absolute Gasteiger partial charge is 0.263 e. The zero-order valence-electron chi connectivity index (χ0n) is 13.6. The molecule has 1 N–H and O–H groups in total. The zero-order valence-corrected chi connectivity index (χ0v) is 14.4. The van der Waals surface area contributed by atoms with Crippen molar-refractivity contribution in [1.82, 2.24) is 10.3 Å². The van der Waals surface area contributed by atoms with Crippen LogP contribution in [0.15, 0.2) is 24.3 Å². The van der Waals surface area contributed by atoms with Crippen LogP contribution in [0.1, 0.15) is 47.5 Å². The van der Waals surface area contributed by atoms with Crippen LogP contribution in [0.3, 0.4) is 0 Å². The minimum atomic E-state index is 0.0201. The fraction of sp³-hybridized carbons (Fsp3) is 0.444. The summed E-state index contributed by atoms with van der Waals surface area (Å²) in [4.78, 5) is 17.8. The number of benzene rings is 1. The van der Waals surface area contributed by atoms with Gasteiger partial charge in [-0.15, -0.1) is 11.3 Å². The molecular weight excluding hydrogens is 308 g/mol. The van der Waals surface area contributed by atoms with E-state index < -0.39 is 0 Å². The van der Waals surface area contributed by atoms with Gasteiger partial charge in [0, 0.05) is 11.6 Å². The lowest BCUT2D eigenvalue weighted by Crippen LogP contribution is -2.36. The van der Waals surface area contributed by atoms with Crippen molar-refractivity contribution in [2.24, 2.45) is 0 Å². The number of carbonyl (C=O) groups is 1. The molecule has 1 aromatic heterocycles. The number of nitrogens with zero attached hydrogens (tertiary/aromatic N) is 1. The molecule has 5 heteroatoms. The number of hydrogen-bond donors (Lipinski definition) is 1. The van der Waals surface area contributed by atoms with Crippen molar-refractivity contribution >= 4 is 17.2 Å². The number of aryl methyl sites for hydroxylation is 1.